The van der Waals surface area contributed by atoms with Crippen LogP contribution in [0.1, 0.15) is 32.3 Å². The first kappa shape index (κ1) is 20.0. The van der Waals surface area contributed by atoms with Gasteiger partial charge in [0.25, 0.3) is 0 Å². The molecule has 4 nitrogen and oxygen atoms in total. The molecule has 0 aliphatic carbocycles. The molecule has 0 saturated heterocycles. The van der Waals surface area contributed by atoms with E-state index in [1.165, 1.54) is 0 Å². The fourth-order valence-electron chi connectivity index (χ4n) is 1.90. The summed E-state index contributed by atoms with van der Waals surface area (Å²) < 4.78 is 5.23. The van der Waals surface area contributed by atoms with E-state index in [1.807, 2.05) is 13.8 Å². The van der Waals surface area contributed by atoms with E-state index in [0.29, 0.717) is 17.3 Å². The monoisotopic (exact) mass is 334 g/mol. The Kier molecular flexibility index (Phi) is 8.71. The van der Waals surface area contributed by atoms with Crippen LogP contribution in [0.2, 0.25) is 5.02 Å². The summed E-state index contributed by atoms with van der Waals surface area (Å²) in [5, 5.41) is 3.47. The van der Waals surface area contributed by atoms with Gasteiger partial charge in [0.1, 0.15) is 5.75 Å². The topological polar surface area (TPSA) is 64.3 Å². The van der Waals surface area contributed by atoms with E-state index in [1.54, 1.807) is 25.3 Å². The van der Waals surface area contributed by atoms with E-state index in [-0.39, 0.29) is 30.3 Å². The lowest BCUT2D eigenvalue weighted by molar-refractivity contribution is -0.120. The van der Waals surface area contributed by atoms with E-state index < -0.39 is 0 Å². The van der Waals surface area contributed by atoms with Crippen LogP contribution in [-0.2, 0) is 11.2 Å². The predicted octanol–water partition coefficient (Wildman–Crippen LogP) is 2.95. The fraction of sp³-hybridized carbons (Fsp3) is 0.533. The van der Waals surface area contributed by atoms with Gasteiger partial charge < -0.3 is 15.8 Å². The van der Waals surface area contributed by atoms with Crippen molar-refractivity contribution in [3.05, 3.63) is 28.8 Å². The number of rotatable bonds is 7. The van der Waals surface area contributed by atoms with E-state index in [0.717, 1.165) is 18.4 Å². The zero-order chi connectivity index (χ0) is 15.2. The lowest BCUT2D eigenvalue weighted by Crippen LogP contribution is -2.49. The third-order valence-corrected chi connectivity index (χ3v) is 3.87. The maximum absolute atomic E-state index is 12.0. The van der Waals surface area contributed by atoms with Crippen molar-refractivity contribution in [3.63, 3.8) is 0 Å². The Bertz CT molecular complexity index is 463. The molecule has 0 heterocycles. The van der Waals surface area contributed by atoms with Crippen molar-refractivity contribution < 1.29 is 9.53 Å². The van der Waals surface area contributed by atoms with Crippen LogP contribution < -0.4 is 15.8 Å². The molecular formula is C15H24Cl2N2O2. The molecule has 0 bridgehead atoms. The van der Waals surface area contributed by atoms with Crippen LogP contribution in [0.5, 0.6) is 5.75 Å². The molecule has 1 aromatic carbocycles. The Balaban J connectivity index is 0.00000400. The summed E-state index contributed by atoms with van der Waals surface area (Å²) in [5.41, 5.74) is 6.59. The van der Waals surface area contributed by atoms with Crippen LogP contribution in [-0.4, -0.2) is 25.1 Å². The summed E-state index contributed by atoms with van der Waals surface area (Å²) in [4.78, 5) is 12.0. The van der Waals surface area contributed by atoms with Crippen molar-refractivity contribution in [1.29, 1.82) is 0 Å². The summed E-state index contributed by atoms with van der Waals surface area (Å²) >= 11 is 5.94. The summed E-state index contributed by atoms with van der Waals surface area (Å²) in [6, 6.07) is 5.24. The van der Waals surface area contributed by atoms with E-state index in [2.05, 4.69) is 5.32 Å². The smallest absolute Gasteiger partial charge is 0.224 e. The summed E-state index contributed by atoms with van der Waals surface area (Å²) in [7, 11) is 1.57. The average molecular weight is 335 g/mol. The zero-order valence-electron chi connectivity index (χ0n) is 12.7. The van der Waals surface area contributed by atoms with Gasteiger partial charge in [0, 0.05) is 22.7 Å². The Labute approximate surface area is 137 Å². The Hall–Kier alpha value is -0.970. The Morgan fingerprint density at radius 1 is 1.38 bits per heavy atom. The van der Waals surface area contributed by atoms with Crippen LogP contribution in [0.3, 0.4) is 0 Å². The van der Waals surface area contributed by atoms with Crippen molar-refractivity contribution in [2.24, 2.45) is 5.73 Å². The molecule has 0 aromatic heterocycles. The molecular weight excluding hydrogens is 311 g/mol. The number of hydrogen-bond donors (Lipinski definition) is 2. The van der Waals surface area contributed by atoms with Crippen molar-refractivity contribution in [2.75, 3.05) is 13.7 Å². The molecule has 0 aliphatic rings. The number of nitrogens with two attached hydrogens (primary N) is 1. The number of benzene rings is 1. The second-order valence-electron chi connectivity index (χ2n) is 4.98. The van der Waals surface area contributed by atoms with Crippen molar-refractivity contribution >= 4 is 29.9 Å². The number of amides is 1. The first-order valence-electron chi connectivity index (χ1n) is 6.82. The molecule has 0 aliphatic heterocycles. The van der Waals surface area contributed by atoms with Crippen molar-refractivity contribution in [3.8, 4) is 5.75 Å². The summed E-state index contributed by atoms with van der Waals surface area (Å²) in [6.45, 7) is 4.52. The number of carbonyl (C=O) groups is 1. The molecule has 0 radical (unpaired) electrons. The largest absolute Gasteiger partial charge is 0.496 e. The van der Waals surface area contributed by atoms with E-state index >= 15 is 0 Å². The first-order valence-corrected chi connectivity index (χ1v) is 7.20. The summed E-state index contributed by atoms with van der Waals surface area (Å²) in [5.74, 6) is 0.580. The number of halogens is 2. The first-order chi connectivity index (χ1) is 9.44. The molecule has 21 heavy (non-hydrogen) atoms. The van der Waals surface area contributed by atoms with Gasteiger partial charge in [-0.3, -0.25) is 4.79 Å². The van der Waals surface area contributed by atoms with E-state index in [4.69, 9.17) is 22.1 Å². The minimum Gasteiger partial charge on any atom is -0.496 e. The molecule has 0 spiro atoms. The molecule has 120 valence electrons. The average Bonchev–Trinajstić information content (AvgIpc) is 2.45. The number of nitrogens with one attached hydrogen (secondary N) is 1. The van der Waals surface area contributed by atoms with Gasteiger partial charge >= 0.3 is 0 Å². The van der Waals surface area contributed by atoms with Crippen molar-refractivity contribution in [2.45, 2.75) is 38.6 Å². The highest BCUT2D eigenvalue weighted by molar-refractivity contribution is 6.30. The third-order valence-electron chi connectivity index (χ3n) is 3.64. The molecule has 1 aromatic rings. The second kappa shape index (κ2) is 9.13. The van der Waals surface area contributed by atoms with Gasteiger partial charge in [-0.25, -0.2) is 0 Å². The van der Waals surface area contributed by atoms with Gasteiger partial charge in [0.15, 0.2) is 0 Å². The van der Waals surface area contributed by atoms with Crippen LogP contribution >= 0.6 is 24.0 Å². The lowest BCUT2D eigenvalue weighted by atomic mass is 9.94. The van der Waals surface area contributed by atoms with Crippen LogP contribution in [0.4, 0.5) is 0 Å². The van der Waals surface area contributed by atoms with E-state index in [9.17, 15) is 4.79 Å². The van der Waals surface area contributed by atoms with Crippen molar-refractivity contribution in [1.82, 2.24) is 5.32 Å². The highest BCUT2D eigenvalue weighted by atomic mass is 35.5. The van der Waals surface area contributed by atoms with Gasteiger partial charge in [-0.05, 0) is 31.0 Å². The highest BCUT2D eigenvalue weighted by Gasteiger charge is 2.21. The van der Waals surface area contributed by atoms with Gasteiger partial charge in [0.05, 0.1) is 13.5 Å². The van der Waals surface area contributed by atoms with Gasteiger partial charge in [-0.15, -0.1) is 12.4 Å². The molecule has 0 fully saturated rings. The minimum absolute atomic E-state index is 0. The van der Waals surface area contributed by atoms with Crippen LogP contribution in [0.25, 0.3) is 0 Å². The molecule has 6 heteroatoms. The molecule has 0 saturated carbocycles. The minimum atomic E-state index is -0.339. The number of hydrogen-bond acceptors (Lipinski definition) is 3. The number of methoxy groups -OCH3 is 1. The standard InChI is InChI=1S/C15H23ClN2O2.ClH/c1-4-15(17,5-2)10-18-14(19)9-11-8-12(16)6-7-13(11)20-3;/h6-8H,4-5,9-10,17H2,1-3H3,(H,18,19);1H. The molecule has 0 unspecified atom stereocenters. The molecule has 1 rings (SSSR count). The Morgan fingerprint density at radius 3 is 2.52 bits per heavy atom. The quantitative estimate of drug-likeness (QED) is 0.805. The van der Waals surface area contributed by atoms with Gasteiger partial charge in [-0.1, -0.05) is 25.4 Å². The number of ether oxygens (including phenoxy) is 1. The molecule has 0 atom stereocenters. The maximum atomic E-state index is 12.0. The fourth-order valence-corrected chi connectivity index (χ4v) is 2.09. The zero-order valence-corrected chi connectivity index (χ0v) is 14.3. The van der Waals surface area contributed by atoms with Gasteiger partial charge in [-0.2, -0.15) is 0 Å². The second-order valence-corrected chi connectivity index (χ2v) is 5.42. The van der Waals surface area contributed by atoms with Gasteiger partial charge in [0.2, 0.25) is 5.91 Å². The predicted molar refractivity (Wildman–Crippen MR) is 89.5 cm³/mol. The highest BCUT2D eigenvalue weighted by Crippen LogP contribution is 2.23. The normalized spacial score (nSPS) is 10.7. The SMILES string of the molecule is CCC(N)(CC)CNC(=O)Cc1cc(Cl)ccc1OC.Cl. The lowest BCUT2D eigenvalue weighted by Gasteiger charge is -2.26. The van der Waals surface area contributed by atoms with Crippen LogP contribution in [0.15, 0.2) is 18.2 Å². The molecule has 3 N–H and O–H groups in total. The third kappa shape index (κ3) is 6.12. The maximum Gasteiger partial charge on any atom is 0.224 e. The molecule has 1 amide bonds. The summed E-state index contributed by atoms with van der Waals surface area (Å²) in [6.07, 6.45) is 1.88. The number of carbonyl (C=O) groups excluding carboxylic acids is 1. The van der Waals surface area contributed by atoms with Crippen LogP contribution in [0, 0.1) is 0 Å². The Morgan fingerprint density at radius 2 is 2.00 bits per heavy atom.